The van der Waals surface area contributed by atoms with Crippen LogP contribution in [0.1, 0.15) is 130 Å². The third kappa shape index (κ3) is 6.94. The zero-order chi connectivity index (χ0) is 44.4. The number of benzene rings is 6. The maximum absolute atomic E-state index is 2.60. The van der Waals surface area contributed by atoms with Gasteiger partial charge in [0.1, 0.15) is 39.2 Å². The lowest BCUT2D eigenvalue weighted by molar-refractivity contribution is 0.568. The van der Waals surface area contributed by atoms with E-state index in [1.165, 1.54) is 121 Å². The molecule has 0 saturated heterocycles. The smallest absolute Gasteiger partial charge is 0.139 e. The highest BCUT2D eigenvalue weighted by Gasteiger charge is 2.28. The summed E-state index contributed by atoms with van der Waals surface area (Å²) in [7, 11) is 11.6. The average molecular weight is 796 g/mol. The third-order valence-corrected chi connectivity index (χ3v) is 14.3. The van der Waals surface area contributed by atoms with Crippen LogP contribution in [0.15, 0.2) is 84.9 Å². The Hall–Kier alpha value is -4.76. The molecule has 2 aromatic heterocycles. The highest BCUT2D eigenvalue weighted by Crippen LogP contribution is 2.46. The first-order chi connectivity index (χ1) is 28.4. The number of rotatable bonds is 5. The van der Waals surface area contributed by atoms with Crippen LogP contribution < -0.4 is 27.3 Å². The van der Waals surface area contributed by atoms with E-state index in [1.807, 2.05) is 0 Å². The van der Waals surface area contributed by atoms with E-state index >= 15 is 0 Å². The molecule has 2 nitrogen and oxygen atoms in total. The minimum Gasteiger partial charge on any atom is -0.309 e. The summed E-state index contributed by atoms with van der Waals surface area (Å²) in [5, 5.41) is 5.35. The summed E-state index contributed by atoms with van der Waals surface area (Å²) in [4.78, 5) is 0. The van der Waals surface area contributed by atoms with Gasteiger partial charge in [-0.15, -0.1) is 16.4 Å². The first-order valence-corrected chi connectivity index (χ1v) is 22.8. The minimum atomic E-state index is -0.0137. The fourth-order valence-electron chi connectivity index (χ4n) is 10.1. The van der Waals surface area contributed by atoms with Gasteiger partial charge in [-0.1, -0.05) is 131 Å². The molecule has 0 unspecified atom stereocenters. The van der Waals surface area contributed by atoms with Crippen LogP contribution in [0, 0.1) is 0 Å². The fraction of sp³-hybridized carbons (Fsp3) is 0.333. The van der Waals surface area contributed by atoms with Crippen molar-refractivity contribution in [2.45, 2.75) is 118 Å². The van der Waals surface area contributed by atoms with Crippen LogP contribution >= 0.6 is 0 Å². The van der Waals surface area contributed by atoms with Gasteiger partial charge in [-0.05, 0) is 122 Å². The summed E-state index contributed by atoms with van der Waals surface area (Å²) < 4.78 is 5.19. The van der Waals surface area contributed by atoms with Crippen molar-refractivity contribution in [1.29, 1.82) is 0 Å². The molecule has 0 radical (unpaired) electrons. The SMILES string of the molecule is Bc1c(B)c(B)c(-c2cccc3c2c2c(C(C)C)c(-n4c5ccc(C(C)C)cc5c5cc(C(C)(C)C)ccc54)ccc2n3-c2cc(C(C)(C)C)cc(C(C)(C)C)c2)c(B)c1B. The Bertz CT molecular complexity index is 3020. The second kappa shape index (κ2) is 14.7. The molecule has 0 saturated carbocycles. The summed E-state index contributed by atoms with van der Waals surface area (Å²) in [6, 6.07) is 33.8. The van der Waals surface area contributed by atoms with E-state index < -0.39 is 0 Å². The van der Waals surface area contributed by atoms with E-state index in [0.29, 0.717) is 5.92 Å². The molecule has 8 rings (SSSR count). The highest BCUT2D eigenvalue weighted by molar-refractivity contribution is 6.69. The molecule has 0 aliphatic heterocycles. The molecule has 0 bridgehead atoms. The molecule has 0 atom stereocenters. The van der Waals surface area contributed by atoms with Crippen molar-refractivity contribution in [2.24, 2.45) is 0 Å². The van der Waals surface area contributed by atoms with Crippen molar-refractivity contribution in [3.63, 3.8) is 0 Å². The average Bonchev–Trinajstić information content (AvgIpc) is 3.70. The monoisotopic (exact) mass is 797 g/mol. The van der Waals surface area contributed by atoms with Crippen LogP contribution in [0.25, 0.3) is 66.1 Å². The summed E-state index contributed by atoms with van der Waals surface area (Å²) in [6.45, 7) is 30.5. The molecule has 0 N–H and O–H groups in total. The number of hydrogen-bond acceptors (Lipinski definition) is 0. The van der Waals surface area contributed by atoms with Crippen LogP contribution in [-0.2, 0) is 16.2 Å². The summed E-state index contributed by atoms with van der Waals surface area (Å²) in [5.41, 5.74) is 24.0. The molecule has 6 aromatic carbocycles. The van der Waals surface area contributed by atoms with Gasteiger partial charge in [0.2, 0.25) is 0 Å². The Labute approximate surface area is 370 Å². The molecular formula is C54H65B5N2. The normalized spacial score (nSPS) is 13.0. The van der Waals surface area contributed by atoms with Crippen LogP contribution in [0.4, 0.5) is 0 Å². The van der Waals surface area contributed by atoms with E-state index in [1.54, 1.807) is 0 Å². The molecule has 2 heterocycles. The van der Waals surface area contributed by atoms with Gasteiger partial charge in [-0.2, -0.15) is 0 Å². The van der Waals surface area contributed by atoms with Gasteiger partial charge in [0, 0.05) is 27.2 Å². The lowest BCUT2D eigenvalue weighted by atomic mass is 9.59. The molecule has 0 spiro atoms. The zero-order valence-corrected chi connectivity index (χ0v) is 40.6. The summed E-state index contributed by atoms with van der Waals surface area (Å²) in [6.07, 6.45) is 0. The number of aromatic nitrogens is 2. The largest absolute Gasteiger partial charge is 0.309 e. The first-order valence-electron chi connectivity index (χ1n) is 22.8. The highest BCUT2D eigenvalue weighted by atomic mass is 15.0. The van der Waals surface area contributed by atoms with Gasteiger partial charge >= 0.3 is 0 Å². The topological polar surface area (TPSA) is 9.86 Å². The molecule has 8 aromatic rings. The lowest BCUT2D eigenvalue weighted by Crippen LogP contribution is -2.55. The van der Waals surface area contributed by atoms with Gasteiger partial charge in [0.05, 0.1) is 27.8 Å². The predicted octanol–water partition coefficient (Wildman–Crippen LogP) is 6.98. The van der Waals surface area contributed by atoms with Crippen molar-refractivity contribution in [3.8, 4) is 22.5 Å². The van der Waals surface area contributed by atoms with Crippen LogP contribution in [-0.4, -0.2) is 48.4 Å². The van der Waals surface area contributed by atoms with Gasteiger partial charge in [0.25, 0.3) is 0 Å². The zero-order valence-electron chi connectivity index (χ0n) is 40.6. The Morgan fingerprint density at radius 2 is 0.951 bits per heavy atom. The Kier molecular flexibility index (Phi) is 10.3. The van der Waals surface area contributed by atoms with E-state index in [4.69, 9.17) is 0 Å². The predicted molar refractivity (Wildman–Crippen MR) is 286 cm³/mol. The van der Waals surface area contributed by atoms with E-state index in [9.17, 15) is 0 Å². The first kappa shape index (κ1) is 42.9. The molecule has 0 aliphatic carbocycles. The van der Waals surface area contributed by atoms with Crippen LogP contribution in [0.2, 0.25) is 0 Å². The number of nitrogens with zero attached hydrogens (tertiary/aromatic N) is 2. The maximum atomic E-state index is 2.60. The lowest BCUT2D eigenvalue weighted by Gasteiger charge is -2.27. The van der Waals surface area contributed by atoms with Gasteiger partial charge < -0.3 is 9.13 Å². The quantitative estimate of drug-likeness (QED) is 0.167. The number of fused-ring (bicyclic) bond motifs is 6. The molecule has 61 heavy (non-hydrogen) atoms. The molecule has 0 amide bonds. The maximum Gasteiger partial charge on any atom is 0.139 e. The van der Waals surface area contributed by atoms with Crippen molar-refractivity contribution in [2.75, 3.05) is 0 Å². The second-order valence-corrected chi connectivity index (χ2v) is 22.1. The van der Waals surface area contributed by atoms with Gasteiger partial charge in [-0.25, -0.2) is 0 Å². The Morgan fingerprint density at radius 1 is 0.443 bits per heavy atom. The third-order valence-electron chi connectivity index (χ3n) is 14.3. The minimum absolute atomic E-state index is 0.0137. The van der Waals surface area contributed by atoms with Crippen molar-refractivity contribution in [1.82, 2.24) is 9.13 Å². The molecule has 7 heteroatoms. The molecular weight excluding hydrogens is 731 g/mol. The van der Waals surface area contributed by atoms with Crippen molar-refractivity contribution < 1.29 is 0 Å². The Balaban J connectivity index is 1.61. The second-order valence-electron chi connectivity index (χ2n) is 22.1. The van der Waals surface area contributed by atoms with Crippen LogP contribution in [0.5, 0.6) is 0 Å². The van der Waals surface area contributed by atoms with Gasteiger partial charge in [-0.3, -0.25) is 0 Å². The summed E-state index contributed by atoms with van der Waals surface area (Å²) in [5.74, 6) is 0.675. The fourth-order valence-corrected chi connectivity index (χ4v) is 10.1. The molecule has 306 valence electrons. The summed E-state index contributed by atoms with van der Waals surface area (Å²) >= 11 is 0. The van der Waals surface area contributed by atoms with E-state index in [-0.39, 0.29) is 22.2 Å². The molecule has 0 fully saturated rings. The standard InChI is InChI=1S/C54H65B5N2/c1-28(2)30-17-19-38-36(23-30)37-27-31(52(5,6)7)18-20-39(37)61(38)41-21-22-42-46(43(41)29(3)4)44-35(45-47(55)49(57)51(59)50(58)48(45)56)15-14-16-40(44)60(42)34-25-32(53(8,9)10)24-33(26-34)54(11,12)13/h14-29H,55-59H2,1-13H3. The van der Waals surface area contributed by atoms with Crippen molar-refractivity contribution in [3.05, 3.63) is 113 Å². The van der Waals surface area contributed by atoms with Gasteiger partial charge in [0.15, 0.2) is 0 Å². The number of hydrogen-bond donors (Lipinski definition) is 0. The van der Waals surface area contributed by atoms with Crippen LogP contribution in [0.3, 0.4) is 0 Å². The van der Waals surface area contributed by atoms with E-state index in [0.717, 1.165) is 0 Å². The van der Waals surface area contributed by atoms with E-state index in [2.05, 4.69) is 223 Å². The van der Waals surface area contributed by atoms with Crippen molar-refractivity contribution >= 4 is 110 Å². The Morgan fingerprint density at radius 3 is 1.49 bits per heavy atom. The molecule has 0 aliphatic rings.